The second-order valence-corrected chi connectivity index (χ2v) is 9.01. The van der Waals surface area contributed by atoms with Crippen LogP contribution in [-0.2, 0) is 0 Å². The molecule has 154 valence electrons. The molecule has 0 unspecified atom stereocenters. The zero-order chi connectivity index (χ0) is 20.4. The van der Waals surface area contributed by atoms with Crippen LogP contribution in [0.5, 0.6) is 5.75 Å². The molecule has 0 atom stereocenters. The van der Waals surface area contributed by atoms with Gasteiger partial charge in [0.05, 0.1) is 21.2 Å². The monoisotopic (exact) mass is 450 g/mol. The number of likely N-dealkylation sites (N-methyl/N-ethyl adjacent to an activating group) is 1. The smallest absolute Gasteiger partial charge is 0.139 e. The van der Waals surface area contributed by atoms with Crippen LogP contribution in [0.4, 0.5) is 0 Å². The Labute approximate surface area is 185 Å². The Hall–Kier alpha value is -1.50. The molecule has 0 saturated carbocycles. The van der Waals surface area contributed by atoms with Gasteiger partial charge in [0.1, 0.15) is 18.1 Å². The molecule has 4 nitrogen and oxygen atoms in total. The van der Waals surface area contributed by atoms with Crippen molar-refractivity contribution in [1.82, 2.24) is 9.80 Å². The van der Waals surface area contributed by atoms with E-state index in [0.29, 0.717) is 22.4 Å². The van der Waals surface area contributed by atoms with E-state index in [2.05, 4.69) is 16.8 Å². The van der Waals surface area contributed by atoms with E-state index >= 15 is 0 Å². The summed E-state index contributed by atoms with van der Waals surface area (Å²) in [6, 6.07) is 7.71. The molecule has 29 heavy (non-hydrogen) atoms. The van der Waals surface area contributed by atoms with E-state index in [1.54, 1.807) is 17.6 Å². The number of furan rings is 1. The zero-order valence-electron chi connectivity index (χ0n) is 16.6. The maximum Gasteiger partial charge on any atom is 0.139 e. The first-order valence-corrected chi connectivity index (χ1v) is 11.3. The highest BCUT2D eigenvalue weighted by molar-refractivity contribution is 7.14. The summed E-state index contributed by atoms with van der Waals surface area (Å²) in [4.78, 5) is 5.76. The van der Waals surface area contributed by atoms with Crippen molar-refractivity contribution in [3.8, 4) is 27.5 Å². The third kappa shape index (κ3) is 4.49. The fraction of sp³-hybridized carbons (Fsp3) is 0.364. The lowest BCUT2D eigenvalue weighted by Gasteiger charge is -2.32. The first-order valence-electron chi connectivity index (χ1n) is 9.68. The summed E-state index contributed by atoms with van der Waals surface area (Å²) >= 11 is 14.8. The van der Waals surface area contributed by atoms with E-state index < -0.39 is 0 Å². The Balaban J connectivity index is 1.61. The molecule has 0 spiro atoms. The highest BCUT2D eigenvalue weighted by atomic mass is 35.5. The number of halogens is 2. The van der Waals surface area contributed by atoms with Crippen molar-refractivity contribution in [2.24, 2.45) is 0 Å². The standard InChI is InChI=1S/C22H24Cl2N2O2S/c1-15-20(22-17(23)5-13-29-22)16(18-4-3-11-27-18)14-19(21(15)24)28-12-10-26-8-6-25(2)7-9-26/h3-5,11,13-14H,6-10,12H2,1-2H3. The van der Waals surface area contributed by atoms with Gasteiger partial charge in [-0.1, -0.05) is 23.2 Å². The molecule has 3 aromatic rings. The van der Waals surface area contributed by atoms with E-state index in [9.17, 15) is 0 Å². The van der Waals surface area contributed by atoms with E-state index in [1.807, 2.05) is 36.6 Å². The van der Waals surface area contributed by atoms with Gasteiger partial charge in [-0.05, 0) is 49.2 Å². The minimum Gasteiger partial charge on any atom is -0.491 e. The summed E-state index contributed by atoms with van der Waals surface area (Å²) in [5.41, 5.74) is 2.88. The number of piperazine rings is 1. The minimum absolute atomic E-state index is 0.597. The molecule has 1 saturated heterocycles. The largest absolute Gasteiger partial charge is 0.491 e. The first kappa shape index (κ1) is 20.8. The summed E-state index contributed by atoms with van der Waals surface area (Å²) < 4.78 is 11.8. The van der Waals surface area contributed by atoms with Crippen LogP contribution in [0.25, 0.3) is 21.8 Å². The van der Waals surface area contributed by atoms with Gasteiger partial charge in [0.2, 0.25) is 0 Å². The quantitative estimate of drug-likeness (QED) is 0.466. The van der Waals surface area contributed by atoms with Gasteiger partial charge < -0.3 is 14.1 Å². The van der Waals surface area contributed by atoms with E-state index in [0.717, 1.165) is 60.1 Å². The molecule has 7 heteroatoms. The van der Waals surface area contributed by atoms with Gasteiger partial charge in [-0.15, -0.1) is 11.3 Å². The number of ether oxygens (including phenoxy) is 1. The maximum absolute atomic E-state index is 6.73. The van der Waals surface area contributed by atoms with Crippen LogP contribution >= 0.6 is 34.5 Å². The average molecular weight is 451 g/mol. The molecule has 0 aliphatic carbocycles. The molecule has 0 N–H and O–H groups in total. The van der Waals surface area contributed by atoms with Crippen LogP contribution in [-0.4, -0.2) is 56.2 Å². The summed E-state index contributed by atoms with van der Waals surface area (Å²) in [6.07, 6.45) is 1.67. The number of thiophene rings is 1. The third-order valence-corrected chi connectivity index (χ3v) is 7.19. The fourth-order valence-corrected chi connectivity index (χ4v) is 5.09. The highest BCUT2D eigenvalue weighted by Gasteiger charge is 2.22. The Morgan fingerprint density at radius 1 is 1.17 bits per heavy atom. The topological polar surface area (TPSA) is 28.9 Å². The van der Waals surface area contributed by atoms with Gasteiger partial charge >= 0.3 is 0 Å². The molecule has 3 heterocycles. The van der Waals surface area contributed by atoms with Gasteiger partial charge in [-0.25, -0.2) is 0 Å². The van der Waals surface area contributed by atoms with Crippen molar-refractivity contribution in [1.29, 1.82) is 0 Å². The lowest BCUT2D eigenvalue weighted by atomic mass is 9.98. The molecular weight excluding hydrogens is 427 g/mol. The van der Waals surface area contributed by atoms with Crippen molar-refractivity contribution >= 4 is 34.5 Å². The predicted molar refractivity (Wildman–Crippen MR) is 122 cm³/mol. The normalized spacial score (nSPS) is 15.7. The van der Waals surface area contributed by atoms with Crippen LogP contribution in [0.15, 0.2) is 40.3 Å². The molecule has 0 radical (unpaired) electrons. The van der Waals surface area contributed by atoms with E-state index in [4.69, 9.17) is 32.4 Å². The van der Waals surface area contributed by atoms with Gasteiger partial charge in [0.25, 0.3) is 0 Å². The van der Waals surface area contributed by atoms with Gasteiger partial charge in [-0.2, -0.15) is 0 Å². The number of hydrogen-bond acceptors (Lipinski definition) is 5. The molecule has 0 bridgehead atoms. The molecule has 1 aliphatic heterocycles. The Kier molecular flexibility index (Phi) is 6.52. The number of benzene rings is 1. The van der Waals surface area contributed by atoms with Crippen molar-refractivity contribution in [3.05, 3.63) is 51.5 Å². The number of hydrogen-bond donors (Lipinski definition) is 0. The van der Waals surface area contributed by atoms with Gasteiger partial charge in [-0.3, -0.25) is 4.90 Å². The molecular formula is C22H24Cl2N2O2S. The summed E-state index contributed by atoms with van der Waals surface area (Å²) in [5.74, 6) is 1.45. The molecule has 4 rings (SSSR count). The van der Waals surface area contributed by atoms with Crippen molar-refractivity contribution in [2.45, 2.75) is 6.92 Å². The molecule has 1 aromatic carbocycles. The van der Waals surface area contributed by atoms with Crippen LogP contribution in [0, 0.1) is 6.92 Å². The van der Waals surface area contributed by atoms with Crippen molar-refractivity contribution in [2.75, 3.05) is 46.4 Å². The molecule has 1 aliphatic rings. The lowest BCUT2D eigenvalue weighted by Crippen LogP contribution is -2.45. The molecule has 1 fully saturated rings. The van der Waals surface area contributed by atoms with E-state index in [1.165, 1.54) is 0 Å². The SMILES string of the molecule is Cc1c(Cl)c(OCCN2CCN(C)CC2)cc(-c2ccco2)c1-c1sccc1Cl. The van der Waals surface area contributed by atoms with Gasteiger partial charge in [0.15, 0.2) is 0 Å². The van der Waals surface area contributed by atoms with Crippen LogP contribution in [0.3, 0.4) is 0 Å². The third-order valence-electron chi connectivity index (χ3n) is 5.36. The average Bonchev–Trinajstić information content (AvgIpc) is 3.39. The second-order valence-electron chi connectivity index (χ2n) is 7.30. The summed E-state index contributed by atoms with van der Waals surface area (Å²) in [7, 11) is 2.16. The second kappa shape index (κ2) is 9.11. The predicted octanol–water partition coefficient (Wildman–Crippen LogP) is 5.92. The van der Waals surface area contributed by atoms with Crippen LogP contribution in [0.1, 0.15) is 5.56 Å². The Bertz CT molecular complexity index is 964. The van der Waals surface area contributed by atoms with Gasteiger partial charge in [0, 0.05) is 43.9 Å². The Morgan fingerprint density at radius 3 is 2.62 bits per heavy atom. The number of nitrogens with zero attached hydrogens (tertiary/aromatic N) is 2. The Morgan fingerprint density at radius 2 is 1.97 bits per heavy atom. The first-order chi connectivity index (χ1) is 14.0. The zero-order valence-corrected chi connectivity index (χ0v) is 18.9. The summed E-state index contributed by atoms with van der Waals surface area (Å²) in [6.45, 7) is 7.82. The maximum atomic E-state index is 6.73. The highest BCUT2D eigenvalue weighted by Crippen LogP contribution is 2.46. The number of rotatable bonds is 6. The van der Waals surface area contributed by atoms with Crippen molar-refractivity contribution < 1.29 is 9.15 Å². The van der Waals surface area contributed by atoms with Crippen LogP contribution < -0.4 is 4.74 Å². The molecule has 2 aromatic heterocycles. The summed E-state index contributed by atoms with van der Waals surface area (Å²) in [5, 5.41) is 3.32. The van der Waals surface area contributed by atoms with E-state index in [-0.39, 0.29) is 0 Å². The van der Waals surface area contributed by atoms with Crippen LogP contribution in [0.2, 0.25) is 10.0 Å². The molecule has 0 amide bonds. The lowest BCUT2D eigenvalue weighted by molar-refractivity contribution is 0.134. The van der Waals surface area contributed by atoms with Crippen molar-refractivity contribution in [3.63, 3.8) is 0 Å². The minimum atomic E-state index is 0.597. The fourth-order valence-electron chi connectivity index (χ4n) is 3.62.